The summed E-state index contributed by atoms with van der Waals surface area (Å²) in [5.74, 6) is -0.202. The van der Waals surface area contributed by atoms with Crippen molar-refractivity contribution >= 4 is 21.4 Å². The zero-order valence-corrected chi connectivity index (χ0v) is 14.6. The lowest BCUT2D eigenvalue weighted by Gasteiger charge is -2.26. The Hall–Kier alpha value is -2.45. The molecule has 0 spiro atoms. The van der Waals surface area contributed by atoms with Gasteiger partial charge in [-0.3, -0.25) is 14.4 Å². The lowest BCUT2D eigenvalue weighted by Crippen LogP contribution is -2.40. The Kier molecular flexibility index (Phi) is 4.73. The van der Waals surface area contributed by atoms with Crippen LogP contribution in [0.3, 0.4) is 0 Å². The predicted molar refractivity (Wildman–Crippen MR) is 95.8 cm³/mol. The third-order valence-corrected chi connectivity index (χ3v) is 5.89. The molecule has 132 valence electrons. The first kappa shape index (κ1) is 17.4. The average Bonchev–Trinajstić information content (AvgIpc) is 2.75. The van der Waals surface area contributed by atoms with E-state index in [0.29, 0.717) is 24.3 Å². The van der Waals surface area contributed by atoms with Crippen LogP contribution in [0.1, 0.15) is 18.1 Å². The summed E-state index contributed by atoms with van der Waals surface area (Å²) in [5, 5.41) is 14.0. The van der Waals surface area contributed by atoms with Crippen LogP contribution in [0, 0.1) is 10.1 Å². The molecule has 8 heteroatoms. The van der Waals surface area contributed by atoms with E-state index in [1.807, 2.05) is 31.2 Å². The highest BCUT2D eigenvalue weighted by Gasteiger charge is 2.28. The van der Waals surface area contributed by atoms with Crippen molar-refractivity contribution in [3.63, 3.8) is 0 Å². The van der Waals surface area contributed by atoms with E-state index in [-0.39, 0.29) is 17.5 Å². The maximum atomic E-state index is 13.0. The summed E-state index contributed by atoms with van der Waals surface area (Å²) in [6.07, 6.45) is 0. The zero-order chi connectivity index (χ0) is 18.0. The predicted octanol–water partition coefficient (Wildman–Crippen LogP) is 2.42. The number of fused-ring (bicyclic) bond motifs is 1. The third-order valence-electron chi connectivity index (χ3n) is 4.17. The van der Waals surface area contributed by atoms with Crippen molar-refractivity contribution in [2.45, 2.75) is 25.3 Å². The molecule has 1 heterocycles. The first-order valence-electron chi connectivity index (χ1n) is 7.92. The molecular weight excluding hydrogens is 342 g/mol. The van der Waals surface area contributed by atoms with Crippen LogP contribution >= 0.6 is 0 Å². The topological polar surface area (TPSA) is 92.5 Å². The van der Waals surface area contributed by atoms with Crippen molar-refractivity contribution in [1.82, 2.24) is 5.32 Å². The van der Waals surface area contributed by atoms with Gasteiger partial charge in [-0.2, -0.15) is 0 Å². The highest BCUT2D eigenvalue weighted by Crippen LogP contribution is 2.27. The summed E-state index contributed by atoms with van der Waals surface area (Å²) in [6.45, 7) is 2.90. The van der Waals surface area contributed by atoms with Gasteiger partial charge in [0.25, 0.3) is 5.69 Å². The number of benzene rings is 2. The number of nitrogens with zero attached hydrogens (tertiary/aromatic N) is 2. The van der Waals surface area contributed by atoms with Gasteiger partial charge in [0.15, 0.2) is 0 Å². The number of anilines is 1. The number of nitrogens with one attached hydrogen (secondary N) is 1. The second kappa shape index (κ2) is 6.81. The van der Waals surface area contributed by atoms with Gasteiger partial charge in [0.05, 0.1) is 16.4 Å². The second-order valence-corrected chi connectivity index (χ2v) is 8.01. The SMILES string of the molecule is CC1CN(S(=O)(=O)Cc2ccc([N+](=O)[O-])cc2)c2ccccc2CN1. The lowest BCUT2D eigenvalue weighted by molar-refractivity contribution is -0.384. The van der Waals surface area contributed by atoms with Gasteiger partial charge < -0.3 is 5.32 Å². The van der Waals surface area contributed by atoms with Crippen LogP contribution in [-0.2, 0) is 22.3 Å². The molecule has 0 saturated carbocycles. The molecule has 0 amide bonds. The van der Waals surface area contributed by atoms with E-state index in [2.05, 4.69) is 5.32 Å². The highest BCUT2D eigenvalue weighted by molar-refractivity contribution is 7.92. The maximum absolute atomic E-state index is 13.0. The molecule has 0 saturated heterocycles. The number of hydrogen-bond donors (Lipinski definition) is 1. The molecule has 3 rings (SSSR count). The van der Waals surface area contributed by atoms with E-state index in [9.17, 15) is 18.5 Å². The van der Waals surface area contributed by atoms with Gasteiger partial charge >= 0.3 is 0 Å². The molecule has 0 aliphatic carbocycles. The van der Waals surface area contributed by atoms with Gasteiger partial charge in [-0.1, -0.05) is 30.3 Å². The quantitative estimate of drug-likeness (QED) is 0.667. The third kappa shape index (κ3) is 3.80. The van der Waals surface area contributed by atoms with E-state index in [1.54, 1.807) is 0 Å². The lowest BCUT2D eigenvalue weighted by atomic mass is 10.2. The number of hydrogen-bond acceptors (Lipinski definition) is 5. The molecule has 1 N–H and O–H groups in total. The number of rotatable bonds is 4. The largest absolute Gasteiger partial charge is 0.308 e. The monoisotopic (exact) mass is 361 g/mol. The van der Waals surface area contributed by atoms with E-state index in [4.69, 9.17) is 0 Å². The minimum Gasteiger partial charge on any atom is -0.308 e. The standard InChI is InChI=1S/C17H19N3O4S/c1-13-11-19(17-5-3-2-4-15(17)10-18-13)25(23,24)12-14-6-8-16(9-7-14)20(21)22/h2-9,13,18H,10-12H2,1H3. The fourth-order valence-electron chi connectivity index (χ4n) is 2.87. The summed E-state index contributed by atoms with van der Waals surface area (Å²) < 4.78 is 27.4. The summed E-state index contributed by atoms with van der Waals surface area (Å²) in [7, 11) is -3.62. The van der Waals surface area contributed by atoms with Crippen molar-refractivity contribution in [3.05, 3.63) is 69.8 Å². The number of nitro groups is 1. The Labute approximate surface area is 146 Å². The smallest absolute Gasteiger partial charge is 0.269 e. The van der Waals surface area contributed by atoms with Gasteiger partial charge in [0.2, 0.25) is 10.0 Å². The van der Waals surface area contributed by atoms with Crippen LogP contribution in [-0.4, -0.2) is 25.9 Å². The van der Waals surface area contributed by atoms with Gasteiger partial charge in [0.1, 0.15) is 0 Å². The molecule has 7 nitrogen and oxygen atoms in total. The van der Waals surface area contributed by atoms with E-state index in [0.717, 1.165) is 5.56 Å². The fourth-order valence-corrected chi connectivity index (χ4v) is 4.56. The highest BCUT2D eigenvalue weighted by atomic mass is 32.2. The van der Waals surface area contributed by atoms with E-state index < -0.39 is 14.9 Å². The Morgan fingerprint density at radius 1 is 1.20 bits per heavy atom. The van der Waals surface area contributed by atoms with Gasteiger partial charge in [-0.25, -0.2) is 8.42 Å². The Balaban J connectivity index is 1.91. The normalized spacial score (nSPS) is 17.6. The summed E-state index contributed by atoms with van der Waals surface area (Å²) in [4.78, 5) is 10.2. The molecule has 1 unspecified atom stereocenters. The average molecular weight is 361 g/mol. The van der Waals surface area contributed by atoms with Crippen molar-refractivity contribution in [2.24, 2.45) is 0 Å². The Morgan fingerprint density at radius 2 is 1.88 bits per heavy atom. The van der Waals surface area contributed by atoms with Gasteiger partial charge in [-0.05, 0) is 24.1 Å². The van der Waals surface area contributed by atoms with Crippen LogP contribution in [0.15, 0.2) is 48.5 Å². The maximum Gasteiger partial charge on any atom is 0.269 e. The first-order chi connectivity index (χ1) is 11.9. The molecule has 1 aliphatic heterocycles. The van der Waals surface area contributed by atoms with Crippen LogP contribution in [0.25, 0.3) is 0 Å². The van der Waals surface area contributed by atoms with Crippen LogP contribution in [0.2, 0.25) is 0 Å². The van der Waals surface area contributed by atoms with Crippen molar-refractivity contribution in [2.75, 3.05) is 10.8 Å². The second-order valence-electron chi connectivity index (χ2n) is 6.12. The minimum atomic E-state index is -3.62. The summed E-state index contributed by atoms with van der Waals surface area (Å²) in [6, 6.07) is 13.1. The molecule has 0 fully saturated rings. The first-order valence-corrected chi connectivity index (χ1v) is 9.53. The molecule has 2 aromatic carbocycles. The van der Waals surface area contributed by atoms with E-state index >= 15 is 0 Å². The molecule has 25 heavy (non-hydrogen) atoms. The Morgan fingerprint density at radius 3 is 2.56 bits per heavy atom. The molecule has 1 atom stereocenters. The van der Waals surface area contributed by atoms with Crippen LogP contribution in [0.4, 0.5) is 11.4 Å². The fraction of sp³-hybridized carbons (Fsp3) is 0.294. The number of non-ortho nitro benzene ring substituents is 1. The van der Waals surface area contributed by atoms with Crippen molar-refractivity contribution < 1.29 is 13.3 Å². The number of para-hydroxylation sites is 1. The van der Waals surface area contributed by atoms with E-state index in [1.165, 1.54) is 28.6 Å². The molecule has 0 radical (unpaired) electrons. The molecular formula is C17H19N3O4S. The van der Waals surface area contributed by atoms with Crippen LogP contribution in [0.5, 0.6) is 0 Å². The van der Waals surface area contributed by atoms with Crippen LogP contribution < -0.4 is 9.62 Å². The number of sulfonamides is 1. The summed E-state index contributed by atoms with van der Waals surface area (Å²) in [5.41, 5.74) is 2.08. The van der Waals surface area contributed by atoms with Crippen molar-refractivity contribution in [1.29, 1.82) is 0 Å². The minimum absolute atomic E-state index is 0.0130. The molecule has 1 aliphatic rings. The zero-order valence-electron chi connectivity index (χ0n) is 13.8. The summed E-state index contributed by atoms with van der Waals surface area (Å²) >= 11 is 0. The molecule has 0 bridgehead atoms. The molecule has 2 aromatic rings. The van der Waals surface area contributed by atoms with Gasteiger partial charge in [-0.15, -0.1) is 0 Å². The molecule has 0 aromatic heterocycles. The number of nitro benzene ring substituents is 1. The Bertz CT molecular complexity index is 881. The van der Waals surface area contributed by atoms with Crippen molar-refractivity contribution in [3.8, 4) is 0 Å². The van der Waals surface area contributed by atoms with Gasteiger partial charge in [0, 0.05) is 31.3 Å².